The van der Waals surface area contributed by atoms with E-state index in [1.165, 1.54) is 17.4 Å². The summed E-state index contributed by atoms with van der Waals surface area (Å²) in [6.45, 7) is 1.76. The summed E-state index contributed by atoms with van der Waals surface area (Å²) in [6.07, 6.45) is 0.770. The number of aromatic nitrogens is 1. The molecule has 3 nitrogen and oxygen atoms in total. The van der Waals surface area contributed by atoms with E-state index in [2.05, 4.69) is 4.98 Å². The lowest BCUT2D eigenvalue weighted by Gasteiger charge is -2.16. The van der Waals surface area contributed by atoms with Crippen molar-refractivity contribution in [2.75, 3.05) is 11.9 Å². The van der Waals surface area contributed by atoms with E-state index >= 15 is 0 Å². The minimum atomic E-state index is -0.310. The van der Waals surface area contributed by atoms with Gasteiger partial charge in [-0.3, -0.25) is 4.79 Å². The van der Waals surface area contributed by atoms with E-state index in [4.69, 9.17) is 0 Å². The van der Waals surface area contributed by atoms with Gasteiger partial charge in [-0.05, 0) is 19.1 Å². The highest BCUT2D eigenvalue weighted by Gasteiger charge is 2.14. The Balaban J connectivity index is 2.40. The predicted octanol–water partition coefficient (Wildman–Crippen LogP) is 3.17. The van der Waals surface area contributed by atoms with Crippen molar-refractivity contribution in [2.24, 2.45) is 0 Å². The number of anilines is 2. The fraction of sp³-hybridized carbons (Fsp3) is 0.167. The van der Waals surface area contributed by atoms with Crippen molar-refractivity contribution in [3.05, 3.63) is 40.7 Å². The third-order valence-electron chi connectivity index (χ3n) is 2.43. The minimum absolute atomic E-state index is 0.310. The third kappa shape index (κ3) is 2.19. The SMILES string of the molecule is Cc1nc(N(C)c2ccccc2F)sc1C=O. The fourth-order valence-corrected chi connectivity index (χ4v) is 2.33. The normalized spacial score (nSPS) is 10.3. The molecule has 0 N–H and O–H groups in total. The van der Waals surface area contributed by atoms with Gasteiger partial charge < -0.3 is 4.90 Å². The van der Waals surface area contributed by atoms with E-state index in [1.807, 2.05) is 0 Å². The molecule has 1 heterocycles. The lowest BCUT2D eigenvalue weighted by atomic mass is 10.3. The first-order valence-corrected chi connectivity index (χ1v) is 5.86. The van der Waals surface area contributed by atoms with Gasteiger partial charge in [-0.25, -0.2) is 9.37 Å². The number of aldehydes is 1. The first kappa shape index (κ1) is 11.7. The van der Waals surface area contributed by atoms with Crippen LogP contribution in [0.1, 0.15) is 15.4 Å². The summed E-state index contributed by atoms with van der Waals surface area (Å²) in [4.78, 5) is 17.2. The summed E-state index contributed by atoms with van der Waals surface area (Å²) in [6, 6.07) is 6.46. The van der Waals surface area contributed by atoms with Crippen LogP contribution in [-0.2, 0) is 0 Å². The maximum absolute atomic E-state index is 13.6. The Labute approximate surface area is 103 Å². The number of para-hydroxylation sites is 1. The molecule has 0 saturated carbocycles. The molecule has 0 atom stereocenters. The number of carbonyl (C=O) groups is 1. The van der Waals surface area contributed by atoms with Crippen LogP contribution in [0.3, 0.4) is 0 Å². The summed E-state index contributed by atoms with van der Waals surface area (Å²) in [7, 11) is 1.73. The van der Waals surface area contributed by atoms with Crippen LogP contribution in [-0.4, -0.2) is 18.3 Å². The van der Waals surface area contributed by atoms with Gasteiger partial charge in [0, 0.05) is 7.05 Å². The molecule has 17 heavy (non-hydrogen) atoms. The van der Waals surface area contributed by atoms with Gasteiger partial charge in [0.1, 0.15) is 5.82 Å². The van der Waals surface area contributed by atoms with Gasteiger partial charge in [0.05, 0.1) is 16.3 Å². The van der Waals surface area contributed by atoms with Gasteiger partial charge in [0.2, 0.25) is 0 Å². The van der Waals surface area contributed by atoms with E-state index in [9.17, 15) is 9.18 Å². The predicted molar refractivity (Wildman–Crippen MR) is 66.7 cm³/mol. The van der Waals surface area contributed by atoms with Gasteiger partial charge >= 0.3 is 0 Å². The lowest BCUT2D eigenvalue weighted by Crippen LogP contribution is -2.10. The Kier molecular flexibility index (Phi) is 3.19. The van der Waals surface area contributed by atoms with E-state index in [0.717, 1.165) is 6.29 Å². The molecule has 0 aliphatic rings. The van der Waals surface area contributed by atoms with Crippen LogP contribution in [0, 0.1) is 12.7 Å². The van der Waals surface area contributed by atoms with Crippen LogP contribution < -0.4 is 4.90 Å². The summed E-state index contributed by atoms with van der Waals surface area (Å²) < 4.78 is 13.6. The van der Waals surface area contributed by atoms with Gasteiger partial charge in [0.15, 0.2) is 11.4 Å². The van der Waals surface area contributed by atoms with Crippen LogP contribution in [0.25, 0.3) is 0 Å². The number of thiazole rings is 1. The van der Waals surface area contributed by atoms with Crippen molar-refractivity contribution in [1.82, 2.24) is 4.98 Å². The minimum Gasteiger partial charge on any atom is -0.318 e. The maximum Gasteiger partial charge on any atom is 0.190 e. The zero-order valence-electron chi connectivity index (χ0n) is 9.48. The number of nitrogens with zero attached hydrogens (tertiary/aromatic N) is 2. The van der Waals surface area contributed by atoms with Gasteiger partial charge in [-0.1, -0.05) is 23.5 Å². The molecule has 0 amide bonds. The highest BCUT2D eigenvalue weighted by molar-refractivity contribution is 7.17. The van der Waals surface area contributed by atoms with Crippen molar-refractivity contribution in [3.8, 4) is 0 Å². The molecule has 88 valence electrons. The van der Waals surface area contributed by atoms with Crippen molar-refractivity contribution in [1.29, 1.82) is 0 Å². The monoisotopic (exact) mass is 250 g/mol. The van der Waals surface area contributed by atoms with Gasteiger partial charge in [0.25, 0.3) is 0 Å². The smallest absolute Gasteiger partial charge is 0.190 e. The second kappa shape index (κ2) is 4.63. The number of hydrogen-bond acceptors (Lipinski definition) is 4. The molecule has 2 aromatic rings. The van der Waals surface area contributed by atoms with E-state index in [1.54, 1.807) is 37.1 Å². The summed E-state index contributed by atoms with van der Waals surface area (Å²) in [5.41, 5.74) is 1.11. The Morgan fingerprint density at radius 2 is 2.12 bits per heavy atom. The molecule has 0 saturated heterocycles. The first-order valence-electron chi connectivity index (χ1n) is 5.04. The molecule has 5 heteroatoms. The van der Waals surface area contributed by atoms with Crippen molar-refractivity contribution >= 4 is 28.4 Å². The second-order valence-corrected chi connectivity index (χ2v) is 4.58. The zero-order chi connectivity index (χ0) is 12.4. The van der Waals surface area contributed by atoms with Crippen LogP contribution in [0.15, 0.2) is 24.3 Å². The lowest BCUT2D eigenvalue weighted by molar-refractivity contribution is 0.112. The third-order valence-corrected chi connectivity index (χ3v) is 3.59. The highest BCUT2D eigenvalue weighted by atomic mass is 32.1. The molecule has 0 aliphatic carbocycles. The van der Waals surface area contributed by atoms with Crippen LogP contribution >= 0.6 is 11.3 Å². The molecule has 0 fully saturated rings. The van der Waals surface area contributed by atoms with Crippen molar-refractivity contribution in [2.45, 2.75) is 6.92 Å². The van der Waals surface area contributed by atoms with Crippen molar-refractivity contribution < 1.29 is 9.18 Å². The molecule has 0 aliphatic heterocycles. The molecule has 0 spiro atoms. The number of aryl methyl sites for hydroxylation is 1. The average Bonchev–Trinajstić information content (AvgIpc) is 2.70. The van der Waals surface area contributed by atoms with Crippen molar-refractivity contribution in [3.63, 3.8) is 0 Å². The van der Waals surface area contributed by atoms with Crippen LogP contribution in [0.2, 0.25) is 0 Å². The standard InChI is InChI=1S/C12H11FN2OS/c1-8-11(7-16)17-12(14-8)15(2)10-6-4-3-5-9(10)13/h3-7H,1-2H3. The van der Waals surface area contributed by atoms with E-state index in [0.29, 0.717) is 21.4 Å². The number of rotatable bonds is 3. The molecular weight excluding hydrogens is 239 g/mol. The quantitative estimate of drug-likeness (QED) is 0.784. The molecule has 0 bridgehead atoms. The number of halogens is 1. The molecule has 1 aromatic heterocycles. The van der Waals surface area contributed by atoms with Crippen LogP contribution in [0.4, 0.5) is 15.2 Å². The van der Waals surface area contributed by atoms with Gasteiger partial charge in [-0.15, -0.1) is 0 Å². The largest absolute Gasteiger partial charge is 0.318 e. The average molecular weight is 250 g/mol. The summed E-state index contributed by atoms with van der Waals surface area (Å²) in [5, 5.41) is 0.606. The first-order chi connectivity index (χ1) is 8.13. The summed E-state index contributed by atoms with van der Waals surface area (Å²) >= 11 is 1.25. The highest BCUT2D eigenvalue weighted by Crippen LogP contribution is 2.30. The Hall–Kier alpha value is -1.75. The molecule has 2 rings (SSSR count). The Morgan fingerprint density at radius 3 is 2.71 bits per heavy atom. The Bertz CT molecular complexity index is 553. The van der Waals surface area contributed by atoms with E-state index in [-0.39, 0.29) is 5.82 Å². The number of hydrogen-bond donors (Lipinski definition) is 0. The molecule has 1 aromatic carbocycles. The molecule has 0 unspecified atom stereocenters. The zero-order valence-corrected chi connectivity index (χ0v) is 10.3. The second-order valence-electron chi connectivity index (χ2n) is 3.57. The number of benzene rings is 1. The van der Waals surface area contributed by atoms with Gasteiger partial charge in [-0.2, -0.15) is 0 Å². The van der Waals surface area contributed by atoms with Crippen LogP contribution in [0.5, 0.6) is 0 Å². The Morgan fingerprint density at radius 1 is 1.41 bits per heavy atom. The maximum atomic E-state index is 13.6. The molecular formula is C12H11FN2OS. The van der Waals surface area contributed by atoms with E-state index < -0.39 is 0 Å². The summed E-state index contributed by atoms with van der Waals surface area (Å²) in [5.74, 6) is -0.310. The fourth-order valence-electron chi connectivity index (χ4n) is 1.47. The number of carbonyl (C=O) groups excluding carboxylic acids is 1. The topological polar surface area (TPSA) is 33.2 Å². The molecule has 0 radical (unpaired) electrons.